The Labute approximate surface area is 92.1 Å². The summed E-state index contributed by atoms with van der Waals surface area (Å²) in [6, 6.07) is 5.45. The van der Waals surface area contributed by atoms with Gasteiger partial charge in [0.25, 0.3) is 0 Å². The number of halogens is 1. The lowest BCUT2D eigenvalue weighted by Gasteiger charge is -2.26. The van der Waals surface area contributed by atoms with Crippen LogP contribution in [0.1, 0.15) is 19.4 Å². The smallest absolute Gasteiger partial charge is 0.333 e. The van der Waals surface area contributed by atoms with Crippen LogP contribution in [0.25, 0.3) is 0 Å². The molecule has 0 aliphatic carbocycles. The van der Waals surface area contributed by atoms with Crippen molar-refractivity contribution in [2.45, 2.75) is 19.4 Å². The van der Waals surface area contributed by atoms with Crippen LogP contribution in [0.2, 0.25) is 0 Å². The van der Waals surface area contributed by atoms with Gasteiger partial charge < -0.3 is 10.4 Å². The lowest BCUT2D eigenvalue weighted by atomic mass is 9.91. The Hall–Kier alpha value is -1.91. The molecule has 0 bridgehead atoms. The van der Waals surface area contributed by atoms with Gasteiger partial charge in [-0.2, -0.15) is 0 Å². The second kappa shape index (κ2) is 4.30. The van der Waals surface area contributed by atoms with Gasteiger partial charge in [0.15, 0.2) is 5.54 Å². The van der Waals surface area contributed by atoms with Crippen molar-refractivity contribution in [1.29, 1.82) is 0 Å². The van der Waals surface area contributed by atoms with Crippen molar-refractivity contribution < 1.29 is 19.1 Å². The third-order valence-electron chi connectivity index (χ3n) is 2.27. The zero-order valence-corrected chi connectivity index (χ0v) is 8.95. The first-order valence-corrected chi connectivity index (χ1v) is 4.65. The molecule has 0 aliphatic heterocycles. The number of aliphatic carboxylic acids is 1. The molecular weight excluding hydrogens is 213 g/mol. The Kier molecular flexibility index (Phi) is 3.27. The fraction of sp³-hybridized carbons (Fsp3) is 0.273. The lowest BCUT2D eigenvalue weighted by Crippen LogP contribution is -2.49. The van der Waals surface area contributed by atoms with Crippen molar-refractivity contribution in [1.82, 2.24) is 5.32 Å². The summed E-state index contributed by atoms with van der Waals surface area (Å²) in [5, 5.41) is 11.3. The minimum absolute atomic E-state index is 0.0716. The van der Waals surface area contributed by atoms with Crippen LogP contribution in [0.4, 0.5) is 4.39 Å². The number of nitrogens with one attached hydrogen (secondary N) is 1. The summed E-state index contributed by atoms with van der Waals surface area (Å²) in [6.45, 7) is 2.43. The molecule has 1 aromatic carbocycles. The largest absolute Gasteiger partial charge is 0.479 e. The minimum Gasteiger partial charge on any atom is -0.479 e. The molecule has 1 unspecified atom stereocenters. The fourth-order valence-electron chi connectivity index (χ4n) is 1.45. The van der Waals surface area contributed by atoms with Crippen LogP contribution in [0.15, 0.2) is 24.3 Å². The number of hydrogen-bond donors (Lipinski definition) is 2. The first-order chi connectivity index (χ1) is 7.38. The molecule has 1 atom stereocenters. The third kappa shape index (κ3) is 2.18. The van der Waals surface area contributed by atoms with Crippen LogP contribution in [-0.2, 0) is 15.1 Å². The van der Waals surface area contributed by atoms with Gasteiger partial charge in [0.1, 0.15) is 5.82 Å². The number of carbonyl (C=O) groups is 2. The maximum atomic E-state index is 13.5. The highest BCUT2D eigenvalue weighted by atomic mass is 19.1. The van der Waals surface area contributed by atoms with E-state index in [2.05, 4.69) is 5.32 Å². The maximum Gasteiger partial charge on any atom is 0.333 e. The van der Waals surface area contributed by atoms with E-state index in [4.69, 9.17) is 5.11 Å². The van der Waals surface area contributed by atoms with Gasteiger partial charge in [-0.05, 0) is 13.0 Å². The Morgan fingerprint density at radius 3 is 2.38 bits per heavy atom. The van der Waals surface area contributed by atoms with E-state index in [-0.39, 0.29) is 5.56 Å². The number of benzene rings is 1. The van der Waals surface area contributed by atoms with Gasteiger partial charge in [0.2, 0.25) is 5.91 Å². The number of carboxylic acid groups (broad SMARTS) is 1. The van der Waals surface area contributed by atoms with Gasteiger partial charge in [0, 0.05) is 12.5 Å². The van der Waals surface area contributed by atoms with Crippen molar-refractivity contribution in [2.24, 2.45) is 0 Å². The van der Waals surface area contributed by atoms with E-state index in [9.17, 15) is 14.0 Å². The zero-order chi connectivity index (χ0) is 12.3. The predicted molar refractivity (Wildman–Crippen MR) is 55.2 cm³/mol. The van der Waals surface area contributed by atoms with E-state index in [1.807, 2.05) is 0 Å². The van der Waals surface area contributed by atoms with Crippen molar-refractivity contribution in [3.05, 3.63) is 35.6 Å². The van der Waals surface area contributed by atoms with Gasteiger partial charge in [0.05, 0.1) is 0 Å². The van der Waals surface area contributed by atoms with E-state index < -0.39 is 23.2 Å². The Morgan fingerprint density at radius 1 is 1.38 bits per heavy atom. The van der Waals surface area contributed by atoms with Gasteiger partial charge in [-0.1, -0.05) is 18.2 Å². The second-order valence-corrected chi connectivity index (χ2v) is 3.59. The fourth-order valence-corrected chi connectivity index (χ4v) is 1.45. The maximum absolute atomic E-state index is 13.5. The number of amides is 1. The van der Waals surface area contributed by atoms with Crippen molar-refractivity contribution in [2.75, 3.05) is 0 Å². The Morgan fingerprint density at radius 2 is 1.94 bits per heavy atom. The van der Waals surface area contributed by atoms with E-state index in [1.165, 1.54) is 32.0 Å². The molecule has 16 heavy (non-hydrogen) atoms. The molecule has 1 amide bonds. The van der Waals surface area contributed by atoms with Gasteiger partial charge in [-0.3, -0.25) is 4.79 Å². The van der Waals surface area contributed by atoms with E-state index in [0.717, 1.165) is 6.07 Å². The van der Waals surface area contributed by atoms with Gasteiger partial charge >= 0.3 is 5.97 Å². The number of rotatable bonds is 3. The number of carboxylic acids is 1. The molecule has 0 saturated carbocycles. The average molecular weight is 225 g/mol. The molecule has 0 saturated heterocycles. The Bertz CT molecular complexity index is 433. The van der Waals surface area contributed by atoms with E-state index in [0.29, 0.717) is 0 Å². The summed E-state index contributed by atoms with van der Waals surface area (Å²) < 4.78 is 13.5. The summed E-state index contributed by atoms with van der Waals surface area (Å²) in [7, 11) is 0. The normalized spacial score (nSPS) is 13.9. The quantitative estimate of drug-likeness (QED) is 0.813. The summed E-state index contributed by atoms with van der Waals surface area (Å²) in [6.07, 6.45) is 0. The summed E-state index contributed by atoms with van der Waals surface area (Å²) in [4.78, 5) is 22.1. The number of carbonyl (C=O) groups excluding carboxylic acids is 1. The highest BCUT2D eigenvalue weighted by Crippen LogP contribution is 2.23. The summed E-state index contributed by atoms with van der Waals surface area (Å²) in [5.74, 6) is -2.51. The standard InChI is InChI=1S/C11H12FNO3/c1-7(14)13-11(2,10(15)16)8-5-3-4-6-9(8)12/h3-6H,1-2H3,(H,13,14)(H,15,16). The topological polar surface area (TPSA) is 66.4 Å². The third-order valence-corrected chi connectivity index (χ3v) is 2.27. The predicted octanol–water partition coefficient (Wildman–Crippen LogP) is 1.26. The molecule has 86 valence electrons. The molecule has 4 nitrogen and oxygen atoms in total. The highest BCUT2D eigenvalue weighted by Gasteiger charge is 2.38. The lowest BCUT2D eigenvalue weighted by molar-refractivity contribution is -0.147. The molecule has 0 aliphatic rings. The van der Waals surface area contributed by atoms with Crippen LogP contribution in [0.3, 0.4) is 0 Å². The van der Waals surface area contributed by atoms with Crippen LogP contribution in [0, 0.1) is 5.82 Å². The first-order valence-electron chi connectivity index (χ1n) is 4.65. The molecule has 0 heterocycles. The van der Waals surface area contributed by atoms with Crippen molar-refractivity contribution in [3.8, 4) is 0 Å². The van der Waals surface area contributed by atoms with E-state index >= 15 is 0 Å². The average Bonchev–Trinajstić information content (AvgIpc) is 2.16. The molecule has 0 fully saturated rings. The Balaban J connectivity index is 3.27. The van der Waals surface area contributed by atoms with Gasteiger partial charge in [-0.15, -0.1) is 0 Å². The monoisotopic (exact) mass is 225 g/mol. The first kappa shape index (κ1) is 12.2. The molecule has 1 rings (SSSR count). The van der Waals surface area contributed by atoms with Crippen molar-refractivity contribution in [3.63, 3.8) is 0 Å². The number of hydrogen-bond acceptors (Lipinski definition) is 2. The molecule has 0 aromatic heterocycles. The van der Waals surface area contributed by atoms with Crippen LogP contribution >= 0.6 is 0 Å². The van der Waals surface area contributed by atoms with Crippen LogP contribution in [-0.4, -0.2) is 17.0 Å². The highest BCUT2D eigenvalue weighted by molar-refractivity contribution is 5.86. The molecule has 0 radical (unpaired) electrons. The van der Waals surface area contributed by atoms with Gasteiger partial charge in [-0.25, -0.2) is 9.18 Å². The van der Waals surface area contributed by atoms with E-state index in [1.54, 1.807) is 0 Å². The SMILES string of the molecule is CC(=O)NC(C)(C(=O)O)c1ccccc1F. The zero-order valence-electron chi connectivity index (χ0n) is 8.95. The molecule has 0 spiro atoms. The molecule has 5 heteroatoms. The molecular formula is C11H12FNO3. The van der Waals surface area contributed by atoms with Crippen molar-refractivity contribution >= 4 is 11.9 Å². The van der Waals surface area contributed by atoms with Crippen LogP contribution < -0.4 is 5.32 Å². The second-order valence-electron chi connectivity index (χ2n) is 3.59. The summed E-state index contributed by atoms with van der Waals surface area (Å²) in [5.41, 5.74) is -1.82. The molecule has 2 N–H and O–H groups in total. The van der Waals surface area contributed by atoms with Crippen LogP contribution in [0.5, 0.6) is 0 Å². The summed E-state index contributed by atoms with van der Waals surface area (Å²) >= 11 is 0. The molecule has 1 aromatic rings. The minimum atomic E-state index is -1.75.